The van der Waals surface area contributed by atoms with Gasteiger partial charge in [0.15, 0.2) is 5.78 Å². The van der Waals surface area contributed by atoms with Crippen LogP contribution in [-0.4, -0.2) is 29.6 Å². The zero-order chi connectivity index (χ0) is 22.2. The molecular weight excluding hydrogens is 402 g/mol. The molecule has 0 radical (unpaired) electrons. The molecule has 0 fully saturated rings. The lowest BCUT2D eigenvalue weighted by molar-refractivity contribution is 0.102. The number of aromatic nitrogens is 2. The number of carbonyl (C=O) groups is 1. The lowest BCUT2D eigenvalue weighted by Crippen LogP contribution is -2.28. The zero-order valence-corrected chi connectivity index (χ0v) is 18.1. The highest BCUT2D eigenvalue weighted by Crippen LogP contribution is 2.44. The van der Waals surface area contributed by atoms with Crippen LogP contribution in [0.3, 0.4) is 0 Å². The number of allylic oxidation sites excluding steroid dienone is 2. The second kappa shape index (κ2) is 7.89. The van der Waals surface area contributed by atoms with Gasteiger partial charge in [-0.1, -0.05) is 42.5 Å². The Balaban J connectivity index is 1.81. The third kappa shape index (κ3) is 3.12. The lowest BCUT2D eigenvalue weighted by atomic mass is 9.88. The molecule has 0 aliphatic carbocycles. The van der Waals surface area contributed by atoms with E-state index in [0.717, 1.165) is 22.3 Å². The highest BCUT2D eigenvalue weighted by molar-refractivity contribution is 6.11. The van der Waals surface area contributed by atoms with Crippen LogP contribution < -0.4 is 14.8 Å². The van der Waals surface area contributed by atoms with Crippen LogP contribution in [0.1, 0.15) is 28.9 Å². The van der Waals surface area contributed by atoms with Gasteiger partial charge in [0, 0.05) is 22.4 Å². The maximum absolute atomic E-state index is 13.8. The SMILES string of the molecule is COc1ccc(OC)c([C@H]2C(C(=O)c3ccccc3)=C(C)Nc3nc4ccccc4n32)c1. The van der Waals surface area contributed by atoms with Gasteiger partial charge in [0.1, 0.15) is 11.5 Å². The fourth-order valence-corrected chi connectivity index (χ4v) is 4.35. The van der Waals surface area contributed by atoms with E-state index in [9.17, 15) is 4.79 Å². The van der Waals surface area contributed by atoms with E-state index >= 15 is 0 Å². The molecule has 1 aliphatic heterocycles. The number of carbonyl (C=O) groups excluding carboxylic acids is 1. The number of nitrogens with one attached hydrogen (secondary N) is 1. The molecule has 0 bridgehead atoms. The number of imidazole rings is 1. The van der Waals surface area contributed by atoms with Crippen LogP contribution in [0, 0.1) is 0 Å². The first kappa shape index (κ1) is 19.9. The van der Waals surface area contributed by atoms with Crippen molar-refractivity contribution < 1.29 is 14.3 Å². The third-order valence-electron chi connectivity index (χ3n) is 5.84. The standard InChI is InChI=1S/C26H23N3O3/c1-16-23(25(30)17-9-5-4-6-10-17)24(19-15-18(31-2)13-14-22(19)32-3)29-21-12-8-7-11-20(21)28-26(29)27-16/h4-15,24H,1-3H3,(H,27,28)/t24-/m0/s1. The molecule has 6 heteroatoms. The summed E-state index contributed by atoms with van der Waals surface area (Å²) in [4.78, 5) is 18.6. The first-order valence-electron chi connectivity index (χ1n) is 10.4. The van der Waals surface area contributed by atoms with E-state index in [-0.39, 0.29) is 5.78 Å². The van der Waals surface area contributed by atoms with Crippen molar-refractivity contribution in [1.29, 1.82) is 0 Å². The monoisotopic (exact) mass is 425 g/mol. The molecule has 6 nitrogen and oxygen atoms in total. The van der Waals surface area contributed by atoms with Gasteiger partial charge < -0.3 is 14.8 Å². The Kier molecular flexibility index (Phi) is 4.90. The van der Waals surface area contributed by atoms with E-state index in [1.54, 1.807) is 14.2 Å². The molecule has 3 aromatic carbocycles. The Hall–Kier alpha value is -4.06. The number of benzene rings is 3. The summed E-state index contributed by atoms with van der Waals surface area (Å²) in [5.74, 6) is 2.00. The average Bonchev–Trinajstić information content (AvgIpc) is 3.20. The number of nitrogens with zero attached hydrogens (tertiary/aromatic N) is 2. The van der Waals surface area contributed by atoms with Crippen LogP contribution in [0.4, 0.5) is 5.95 Å². The Morgan fingerprint density at radius 1 is 0.969 bits per heavy atom. The Bertz CT molecular complexity index is 1360. The van der Waals surface area contributed by atoms with Crippen molar-refractivity contribution in [2.75, 3.05) is 19.5 Å². The van der Waals surface area contributed by atoms with Crippen molar-refractivity contribution in [3.63, 3.8) is 0 Å². The summed E-state index contributed by atoms with van der Waals surface area (Å²) in [6.45, 7) is 1.92. The van der Waals surface area contributed by atoms with E-state index in [0.29, 0.717) is 28.6 Å². The van der Waals surface area contributed by atoms with Gasteiger partial charge in [-0.15, -0.1) is 0 Å². The van der Waals surface area contributed by atoms with Crippen molar-refractivity contribution in [1.82, 2.24) is 9.55 Å². The van der Waals surface area contributed by atoms with Crippen molar-refractivity contribution in [3.8, 4) is 11.5 Å². The van der Waals surface area contributed by atoms with Crippen molar-refractivity contribution in [2.24, 2.45) is 0 Å². The van der Waals surface area contributed by atoms with Crippen molar-refractivity contribution in [3.05, 3.63) is 95.2 Å². The summed E-state index contributed by atoms with van der Waals surface area (Å²) in [5, 5.41) is 3.35. The number of rotatable bonds is 5. The smallest absolute Gasteiger partial charge is 0.209 e. The van der Waals surface area contributed by atoms with Crippen LogP contribution in [0.2, 0.25) is 0 Å². The van der Waals surface area contributed by atoms with Gasteiger partial charge in [0.25, 0.3) is 0 Å². The molecule has 2 heterocycles. The Morgan fingerprint density at radius 3 is 2.47 bits per heavy atom. The molecule has 0 spiro atoms. The summed E-state index contributed by atoms with van der Waals surface area (Å²) in [5.41, 5.74) is 4.63. The van der Waals surface area contributed by atoms with Crippen molar-refractivity contribution >= 4 is 22.8 Å². The Morgan fingerprint density at radius 2 is 1.72 bits per heavy atom. The van der Waals surface area contributed by atoms with Gasteiger partial charge in [0.2, 0.25) is 5.95 Å². The summed E-state index contributed by atoms with van der Waals surface area (Å²) >= 11 is 0. The quantitative estimate of drug-likeness (QED) is 0.444. The highest BCUT2D eigenvalue weighted by atomic mass is 16.5. The van der Waals surface area contributed by atoms with E-state index in [1.807, 2.05) is 79.7 Å². The molecule has 32 heavy (non-hydrogen) atoms. The molecule has 4 aromatic rings. The van der Waals surface area contributed by atoms with Crippen LogP contribution in [0.15, 0.2) is 84.1 Å². The van der Waals surface area contributed by atoms with Crippen LogP contribution in [0.5, 0.6) is 11.5 Å². The molecular formula is C26H23N3O3. The first-order valence-corrected chi connectivity index (χ1v) is 10.4. The summed E-state index contributed by atoms with van der Waals surface area (Å²) in [7, 11) is 3.26. The van der Waals surface area contributed by atoms with Gasteiger partial charge >= 0.3 is 0 Å². The number of hydrogen-bond donors (Lipinski definition) is 1. The molecule has 0 saturated carbocycles. The first-order chi connectivity index (χ1) is 15.6. The topological polar surface area (TPSA) is 65.4 Å². The van der Waals surface area contributed by atoms with E-state index in [4.69, 9.17) is 14.5 Å². The number of hydrogen-bond acceptors (Lipinski definition) is 5. The van der Waals surface area contributed by atoms with Gasteiger partial charge in [-0.05, 0) is 37.3 Å². The number of para-hydroxylation sites is 2. The van der Waals surface area contributed by atoms with E-state index < -0.39 is 6.04 Å². The van der Waals surface area contributed by atoms with Crippen LogP contribution >= 0.6 is 0 Å². The molecule has 1 N–H and O–H groups in total. The largest absolute Gasteiger partial charge is 0.497 e. The highest BCUT2D eigenvalue weighted by Gasteiger charge is 2.36. The number of anilines is 1. The molecule has 1 aliphatic rings. The molecule has 1 atom stereocenters. The Labute approximate surface area is 186 Å². The minimum absolute atomic E-state index is 0.0473. The van der Waals surface area contributed by atoms with Gasteiger partial charge in [-0.25, -0.2) is 4.98 Å². The third-order valence-corrected chi connectivity index (χ3v) is 5.84. The van der Waals surface area contributed by atoms with Crippen molar-refractivity contribution in [2.45, 2.75) is 13.0 Å². The molecule has 160 valence electrons. The van der Waals surface area contributed by atoms with Gasteiger partial charge in [-0.3, -0.25) is 9.36 Å². The summed E-state index contributed by atoms with van der Waals surface area (Å²) in [6.07, 6.45) is 0. The van der Waals surface area contributed by atoms with E-state index in [1.165, 1.54) is 0 Å². The number of ether oxygens (including phenoxy) is 2. The van der Waals surface area contributed by atoms with Gasteiger partial charge in [-0.2, -0.15) is 0 Å². The maximum atomic E-state index is 13.8. The second-order valence-electron chi connectivity index (χ2n) is 7.66. The van der Waals surface area contributed by atoms with Crippen LogP contribution in [0.25, 0.3) is 11.0 Å². The molecule has 0 saturated heterocycles. The normalized spacial score (nSPS) is 15.3. The number of Topliss-reactive ketones (excluding diaryl/α,β-unsaturated/α-hetero) is 1. The number of fused-ring (bicyclic) bond motifs is 3. The minimum atomic E-state index is -0.448. The average molecular weight is 425 g/mol. The predicted molar refractivity (Wildman–Crippen MR) is 125 cm³/mol. The molecule has 0 unspecified atom stereocenters. The summed E-state index contributed by atoms with van der Waals surface area (Å²) < 4.78 is 13.3. The fraction of sp³-hybridized carbons (Fsp3) is 0.154. The minimum Gasteiger partial charge on any atom is -0.497 e. The van der Waals surface area contributed by atoms with E-state index in [2.05, 4.69) is 9.88 Å². The van der Waals surface area contributed by atoms with Gasteiger partial charge in [0.05, 0.1) is 31.3 Å². The molecule has 0 amide bonds. The second-order valence-corrected chi connectivity index (χ2v) is 7.66. The predicted octanol–water partition coefficient (Wildman–Crippen LogP) is 5.23. The number of ketones is 1. The molecule has 1 aromatic heterocycles. The van der Waals surface area contributed by atoms with Crippen LogP contribution in [-0.2, 0) is 0 Å². The summed E-state index contributed by atoms with van der Waals surface area (Å²) in [6, 6.07) is 22.4. The zero-order valence-electron chi connectivity index (χ0n) is 18.1. The lowest BCUT2D eigenvalue weighted by Gasteiger charge is -2.31. The number of methoxy groups -OCH3 is 2. The fourth-order valence-electron chi connectivity index (χ4n) is 4.35. The maximum Gasteiger partial charge on any atom is 0.209 e. The molecule has 5 rings (SSSR count).